The fourth-order valence-corrected chi connectivity index (χ4v) is 2.80. The number of nitrogens with one attached hydrogen (secondary N) is 1. The average Bonchev–Trinajstić information content (AvgIpc) is 2.38. The zero-order valence-corrected chi connectivity index (χ0v) is 12.5. The molecular weight excluding hydrogens is 264 g/mol. The first kappa shape index (κ1) is 16.3. The van der Waals surface area contributed by atoms with Crippen LogP contribution in [0.15, 0.2) is 0 Å². The Morgan fingerprint density at radius 1 is 1.42 bits per heavy atom. The molecule has 0 aromatic carbocycles. The minimum atomic E-state index is -0.919. The maximum Gasteiger partial charge on any atom is 0.317 e. The summed E-state index contributed by atoms with van der Waals surface area (Å²) in [6.07, 6.45) is 5.15. The van der Waals surface area contributed by atoms with Crippen molar-refractivity contribution >= 4 is 23.6 Å². The van der Waals surface area contributed by atoms with E-state index in [0.717, 1.165) is 19.5 Å². The highest BCUT2D eigenvalue weighted by molar-refractivity contribution is 7.99. The standard InChI is InChI=1S/C13H24N2O3S/c1-15-7-4-10(5-8-15)3-6-14-12(16)9-11(19-2)13(17)18/h10-11H,3-9H2,1-2H3,(H,14,16)(H,17,18). The van der Waals surface area contributed by atoms with Gasteiger partial charge in [-0.2, -0.15) is 0 Å². The van der Waals surface area contributed by atoms with E-state index in [-0.39, 0.29) is 12.3 Å². The molecule has 5 nitrogen and oxygen atoms in total. The van der Waals surface area contributed by atoms with E-state index in [2.05, 4.69) is 17.3 Å². The molecule has 0 spiro atoms. The van der Waals surface area contributed by atoms with Crippen LogP contribution in [0.4, 0.5) is 0 Å². The summed E-state index contributed by atoms with van der Waals surface area (Å²) in [5.41, 5.74) is 0. The van der Waals surface area contributed by atoms with E-state index in [1.54, 1.807) is 6.26 Å². The molecule has 1 unspecified atom stereocenters. The van der Waals surface area contributed by atoms with Crippen LogP contribution in [0, 0.1) is 5.92 Å². The summed E-state index contributed by atoms with van der Waals surface area (Å²) in [6, 6.07) is 0. The van der Waals surface area contributed by atoms with Crippen LogP contribution in [0.2, 0.25) is 0 Å². The Kier molecular flexibility index (Phi) is 7.23. The van der Waals surface area contributed by atoms with Crippen LogP contribution in [0.1, 0.15) is 25.7 Å². The zero-order valence-electron chi connectivity index (χ0n) is 11.7. The Balaban J connectivity index is 2.15. The molecular formula is C13H24N2O3S. The quantitative estimate of drug-likeness (QED) is 0.732. The lowest BCUT2D eigenvalue weighted by Gasteiger charge is -2.28. The molecule has 1 amide bonds. The predicted octanol–water partition coefficient (Wildman–Crippen LogP) is 1.04. The summed E-state index contributed by atoms with van der Waals surface area (Å²) in [7, 11) is 2.13. The number of hydrogen-bond donors (Lipinski definition) is 2. The Bertz CT molecular complexity index is 304. The van der Waals surface area contributed by atoms with Crippen molar-refractivity contribution in [1.29, 1.82) is 0 Å². The summed E-state index contributed by atoms with van der Waals surface area (Å²) in [4.78, 5) is 24.8. The number of thioether (sulfide) groups is 1. The van der Waals surface area contributed by atoms with Gasteiger partial charge in [0, 0.05) is 13.0 Å². The largest absolute Gasteiger partial charge is 0.480 e. The van der Waals surface area contributed by atoms with Crippen molar-refractivity contribution in [3.8, 4) is 0 Å². The summed E-state index contributed by atoms with van der Waals surface area (Å²) >= 11 is 1.20. The van der Waals surface area contributed by atoms with Crippen LogP contribution in [-0.4, -0.2) is 60.1 Å². The Hall–Kier alpha value is -0.750. The normalized spacial score (nSPS) is 19.1. The number of amides is 1. The first-order valence-corrected chi connectivity index (χ1v) is 8.02. The molecule has 0 saturated carbocycles. The fraction of sp³-hybridized carbons (Fsp3) is 0.846. The number of hydrogen-bond acceptors (Lipinski definition) is 4. The van der Waals surface area contributed by atoms with Crippen molar-refractivity contribution < 1.29 is 14.7 Å². The van der Waals surface area contributed by atoms with Crippen LogP contribution in [0.3, 0.4) is 0 Å². The lowest BCUT2D eigenvalue weighted by Crippen LogP contribution is -2.34. The second kappa shape index (κ2) is 8.43. The van der Waals surface area contributed by atoms with Gasteiger partial charge in [-0.05, 0) is 51.6 Å². The number of carboxylic acid groups (broad SMARTS) is 1. The van der Waals surface area contributed by atoms with E-state index in [9.17, 15) is 9.59 Å². The molecule has 1 heterocycles. The molecule has 1 aliphatic heterocycles. The SMILES string of the molecule is CSC(CC(=O)NCCC1CCN(C)CC1)C(=O)O. The van der Waals surface area contributed by atoms with E-state index < -0.39 is 11.2 Å². The summed E-state index contributed by atoms with van der Waals surface area (Å²) in [5, 5.41) is 11.1. The average molecular weight is 288 g/mol. The number of likely N-dealkylation sites (tertiary alicyclic amines) is 1. The maximum atomic E-state index is 11.6. The van der Waals surface area contributed by atoms with Crippen molar-refractivity contribution in [3.63, 3.8) is 0 Å². The van der Waals surface area contributed by atoms with Gasteiger partial charge in [0.25, 0.3) is 0 Å². The van der Waals surface area contributed by atoms with E-state index >= 15 is 0 Å². The molecule has 19 heavy (non-hydrogen) atoms. The van der Waals surface area contributed by atoms with Crippen molar-refractivity contribution in [2.75, 3.05) is 32.9 Å². The first-order chi connectivity index (χ1) is 9.02. The molecule has 1 fully saturated rings. The van der Waals surface area contributed by atoms with Gasteiger partial charge in [-0.1, -0.05) is 0 Å². The summed E-state index contributed by atoms with van der Waals surface area (Å²) < 4.78 is 0. The number of nitrogens with zero attached hydrogens (tertiary/aromatic N) is 1. The molecule has 1 rings (SSSR count). The Labute approximate surface area is 119 Å². The maximum absolute atomic E-state index is 11.6. The van der Waals surface area contributed by atoms with E-state index in [1.165, 1.54) is 24.6 Å². The fourth-order valence-electron chi connectivity index (χ4n) is 2.28. The zero-order chi connectivity index (χ0) is 14.3. The van der Waals surface area contributed by atoms with Gasteiger partial charge in [0.05, 0.1) is 0 Å². The van der Waals surface area contributed by atoms with Gasteiger partial charge in [-0.25, -0.2) is 0 Å². The number of aliphatic carboxylic acids is 1. The highest BCUT2D eigenvalue weighted by Crippen LogP contribution is 2.18. The van der Waals surface area contributed by atoms with E-state index in [4.69, 9.17) is 5.11 Å². The monoisotopic (exact) mass is 288 g/mol. The highest BCUT2D eigenvalue weighted by atomic mass is 32.2. The number of carbonyl (C=O) groups excluding carboxylic acids is 1. The molecule has 0 bridgehead atoms. The molecule has 110 valence electrons. The van der Waals surface area contributed by atoms with Crippen molar-refractivity contribution in [3.05, 3.63) is 0 Å². The first-order valence-electron chi connectivity index (χ1n) is 6.73. The molecule has 6 heteroatoms. The van der Waals surface area contributed by atoms with E-state index in [0.29, 0.717) is 12.5 Å². The van der Waals surface area contributed by atoms with Gasteiger partial charge in [0.15, 0.2) is 0 Å². The van der Waals surface area contributed by atoms with Gasteiger partial charge in [0.2, 0.25) is 5.91 Å². The third-order valence-electron chi connectivity index (χ3n) is 3.64. The molecule has 1 aliphatic rings. The van der Waals surface area contributed by atoms with Crippen LogP contribution < -0.4 is 5.32 Å². The second-order valence-corrected chi connectivity index (χ2v) is 6.19. The molecule has 2 N–H and O–H groups in total. The van der Waals surface area contributed by atoms with Crippen molar-refractivity contribution in [2.45, 2.75) is 30.9 Å². The number of rotatable bonds is 7. The molecule has 0 aliphatic carbocycles. The molecule has 1 saturated heterocycles. The topological polar surface area (TPSA) is 69.6 Å². The van der Waals surface area contributed by atoms with Gasteiger partial charge >= 0.3 is 5.97 Å². The Morgan fingerprint density at radius 3 is 2.58 bits per heavy atom. The molecule has 0 radical (unpaired) electrons. The molecule has 0 aromatic heterocycles. The van der Waals surface area contributed by atoms with Gasteiger partial charge < -0.3 is 15.3 Å². The lowest BCUT2D eigenvalue weighted by atomic mass is 9.94. The minimum Gasteiger partial charge on any atom is -0.480 e. The van der Waals surface area contributed by atoms with Gasteiger partial charge in [-0.3, -0.25) is 9.59 Å². The van der Waals surface area contributed by atoms with E-state index in [1.807, 2.05) is 0 Å². The van der Waals surface area contributed by atoms with Crippen LogP contribution in [0.5, 0.6) is 0 Å². The smallest absolute Gasteiger partial charge is 0.317 e. The van der Waals surface area contributed by atoms with Crippen molar-refractivity contribution in [2.24, 2.45) is 5.92 Å². The number of carbonyl (C=O) groups is 2. The van der Waals surface area contributed by atoms with Gasteiger partial charge in [0.1, 0.15) is 5.25 Å². The van der Waals surface area contributed by atoms with Crippen LogP contribution in [-0.2, 0) is 9.59 Å². The Morgan fingerprint density at radius 2 is 2.05 bits per heavy atom. The van der Waals surface area contributed by atoms with Crippen LogP contribution >= 0.6 is 11.8 Å². The molecule has 1 atom stereocenters. The van der Waals surface area contributed by atoms with Crippen molar-refractivity contribution in [1.82, 2.24) is 10.2 Å². The highest BCUT2D eigenvalue weighted by Gasteiger charge is 2.20. The van der Waals surface area contributed by atoms with Gasteiger partial charge in [-0.15, -0.1) is 11.8 Å². The number of carboxylic acids is 1. The third-order valence-corrected chi connectivity index (χ3v) is 4.58. The minimum absolute atomic E-state index is 0.0594. The predicted molar refractivity (Wildman–Crippen MR) is 77.4 cm³/mol. The molecule has 0 aromatic rings. The van der Waals surface area contributed by atoms with Crippen LogP contribution in [0.25, 0.3) is 0 Å². The number of piperidine rings is 1. The second-order valence-electron chi connectivity index (χ2n) is 5.15. The third kappa shape index (κ3) is 6.29. The lowest BCUT2D eigenvalue weighted by molar-refractivity contribution is -0.138. The summed E-state index contributed by atoms with van der Waals surface area (Å²) in [6.45, 7) is 2.92. The summed E-state index contributed by atoms with van der Waals surface area (Å²) in [5.74, 6) is -0.389.